The lowest BCUT2D eigenvalue weighted by molar-refractivity contribution is -0.123. The SMILES string of the molecule is CC1(C)CCC(NC(=O)COc2ccccc2C(N)=S)C1. The van der Waals surface area contributed by atoms with Crippen molar-refractivity contribution in [2.45, 2.75) is 39.2 Å². The number of ether oxygens (including phenoxy) is 1. The minimum atomic E-state index is -0.101. The number of nitrogens with two attached hydrogens (primary N) is 1. The second-order valence-corrected chi connectivity index (χ2v) is 6.76. The third-order valence-electron chi connectivity index (χ3n) is 3.84. The monoisotopic (exact) mass is 306 g/mol. The summed E-state index contributed by atoms with van der Waals surface area (Å²) in [5, 5.41) is 3.03. The maximum Gasteiger partial charge on any atom is 0.258 e. The molecule has 1 atom stereocenters. The molecular formula is C16H22N2O2S. The van der Waals surface area contributed by atoms with Crippen molar-refractivity contribution in [1.29, 1.82) is 0 Å². The van der Waals surface area contributed by atoms with Gasteiger partial charge in [0.05, 0.1) is 5.56 Å². The number of carbonyl (C=O) groups is 1. The molecule has 0 aliphatic heterocycles. The highest BCUT2D eigenvalue weighted by atomic mass is 32.1. The highest BCUT2D eigenvalue weighted by Crippen LogP contribution is 2.36. The van der Waals surface area contributed by atoms with E-state index in [1.165, 1.54) is 0 Å². The largest absolute Gasteiger partial charge is 0.483 e. The summed E-state index contributed by atoms with van der Waals surface area (Å²) < 4.78 is 5.54. The fourth-order valence-corrected chi connectivity index (χ4v) is 2.94. The van der Waals surface area contributed by atoms with Crippen LogP contribution in [0.1, 0.15) is 38.7 Å². The molecule has 0 heterocycles. The van der Waals surface area contributed by atoms with Crippen molar-refractivity contribution in [3.63, 3.8) is 0 Å². The molecule has 114 valence electrons. The number of nitrogens with one attached hydrogen (secondary N) is 1. The molecule has 0 bridgehead atoms. The quantitative estimate of drug-likeness (QED) is 0.820. The predicted molar refractivity (Wildman–Crippen MR) is 87.4 cm³/mol. The number of para-hydroxylation sites is 1. The highest BCUT2D eigenvalue weighted by molar-refractivity contribution is 7.80. The van der Waals surface area contributed by atoms with Crippen LogP contribution in [0, 0.1) is 5.41 Å². The van der Waals surface area contributed by atoms with Gasteiger partial charge in [0.2, 0.25) is 0 Å². The Labute approximate surface area is 131 Å². The van der Waals surface area contributed by atoms with Gasteiger partial charge in [-0.05, 0) is 36.8 Å². The zero-order valence-corrected chi connectivity index (χ0v) is 13.3. The number of rotatable bonds is 5. The Balaban J connectivity index is 1.86. The molecular weight excluding hydrogens is 284 g/mol. The number of amides is 1. The van der Waals surface area contributed by atoms with E-state index in [2.05, 4.69) is 19.2 Å². The molecule has 1 aromatic rings. The van der Waals surface area contributed by atoms with Gasteiger partial charge in [0.1, 0.15) is 10.7 Å². The lowest BCUT2D eigenvalue weighted by atomic mass is 9.92. The molecule has 5 heteroatoms. The molecule has 1 saturated carbocycles. The van der Waals surface area contributed by atoms with E-state index in [1.54, 1.807) is 12.1 Å². The van der Waals surface area contributed by atoms with Crippen molar-refractivity contribution in [3.05, 3.63) is 29.8 Å². The van der Waals surface area contributed by atoms with Gasteiger partial charge in [0.15, 0.2) is 6.61 Å². The first kappa shape index (κ1) is 15.8. The third-order valence-corrected chi connectivity index (χ3v) is 4.06. The lowest BCUT2D eigenvalue weighted by Gasteiger charge is -2.18. The van der Waals surface area contributed by atoms with Crippen LogP contribution in [0.5, 0.6) is 5.75 Å². The van der Waals surface area contributed by atoms with Gasteiger partial charge in [0, 0.05) is 6.04 Å². The van der Waals surface area contributed by atoms with Gasteiger partial charge in [-0.2, -0.15) is 0 Å². The molecule has 0 radical (unpaired) electrons. The molecule has 21 heavy (non-hydrogen) atoms. The summed E-state index contributed by atoms with van der Waals surface area (Å²) in [6.45, 7) is 4.44. The van der Waals surface area contributed by atoms with Crippen LogP contribution in [0.4, 0.5) is 0 Å². The van der Waals surface area contributed by atoms with E-state index < -0.39 is 0 Å². The Morgan fingerprint density at radius 1 is 1.48 bits per heavy atom. The topological polar surface area (TPSA) is 64.3 Å². The highest BCUT2D eigenvalue weighted by Gasteiger charge is 2.31. The summed E-state index contributed by atoms with van der Waals surface area (Å²) in [6.07, 6.45) is 3.19. The van der Waals surface area contributed by atoms with Gasteiger partial charge >= 0.3 is 0 Å². The first-order chi connectivity index (χ1) is 9.87. The van der Waals surface area contributed by atoms with Gasteiger partial charge in [-0.1, -0.05) is 38.2 Å². The van der Waals surface area contributed by atoms with Crippen LogP contribution in [0.2, 0.25) is 0 Å². The first-order valence-electron chi connectivity index (χ1n) is 7.18. The number of hydrogen-bond donors (Lipinski definition) is 2. The van der Waals surface area contributed by atoms with Crippen molar-refractivity contribution in [1.82, 2.24) is 5.32 Å². The molecule has 2 rings (SSSR count). The van der Waals surface area contributed by atoms with Crippen molar-refractivity contribution >= 4 is 23.1 Å². The first-order valence-corrected chi connectivity index (χ1v) is 7.59. The molecule has 0 saturated heterocycles. The molecule has 3 N–H and O–H groups in total. The van der Waals surface area contributed by atoms with E-state index >= 15 is 0 Å². The molecule has 1 aliphatic rings. The van der Waals surface area contributed by atoms with Gasteiger partial charge in [-0.15, -0.1) is 0 Å². The number of thiocarbonyl (C=S) groups is 1. The van der Waals surface area contributed by atoms with E-state index in [0.29, 0.717) is 16.7 Å². The molecule has 4 nitrogen and oxygen atoms in total. The average Bonchev–Trinajstić information content (AvgIpc) is 2.75. The maximum atomic E-state index is 12.0. The summed E-state index contributed by atoms with van der Waals surface area (Å²) in [5.74, 6) is 0.447. The van der Waals surface area contributed by atoms with Crippen molar-refractivity contribution < 1.29 is 9.53 Å². The van der Waals surface area contributed by atoms with Crippen LogP contribution in [-0.4, -0.2) is 23.5 Å². The number of carbonyl (C=O) groups excluding carboxylic acids is 1. The molecule has 1 aromatic carbocycles. The van der Waals surface area contributed by atoms with E-state index in [4.69, 9.17) is 22.7 Å². The van der Waals surface area contributed by atoms with Gasteiger partial charge in [-0.3, -0.25) is 4.79 Å². The Hall–Kier alpha value is -1.62. The average molecular weight is 306 g/mol. The van der Waals surface area contributed by atoms with Crippen molar-refractivity contribution in [3.8, 4) is 5.75 Å². The molecule has 0 spiro atoms. The van der Waals surface area contributed by atoms with E-state index in [1.807, 2.05) is 12.1 Å². The number of benzene rings is 1. The molecule has 1 fully saturated rings. The van der Waals surface area contributed by atoms with Gasteiger partial charge in [-0.25, -0.2) is 0 Å². The predicted octanol–water partition coefficient (Wildman–Crippen LogP) is 2.39. The summed E-state index contributed by atoms with van der Waals surface area (Å²) in [6, 6.07) is 7.47. The Bertz CT molecular complexity index is 543. The van der Waals surface area contributed by atoms with Crippen LogP contribution in [-0.2, 0) is 4.79 Å². The van der Waals surface area contributed by atoms with Crippen molar-refractivity contribution in [2.75, 3.05) is 6.61 Å². The van der Waals surface area contributed by atoms with Crippen molar-refractivity contribution in [2.24, 2.45) is 11.1 Å². The van der Waals surface area contributed by atoms with Crippen LogP contribution in [0.15, 0.2) is 24.3 Å². The van der Waals surface area contributed by atoms with E-state index in [-0.39, 0.29) is 23.5 Å². The second kappa shape index (κ2) is 6.43. The maximum absolute atomic E-state index is 12.0. The fraction of sp³-hybridized carbons (Fsp3) is 0.500. The van der Waals surface area contributed by atoms with Gasteiger partial charge < -0.3 is 15.8 Å². The summed E-state index contributed by atoms with van der Waals surface area (Å²) in [7, 11) is 0. The van der Waals surface area contributed by atoms with E-state index in [0.717, 1.165) is 19.3 Å². The molecule has 1 amide bonds. The zero-order chi connectivity index (χ0) is 15.5. The van der Waals surface area contributed by atoms with Crippen LogP contribution >= 0.6 is 12.2 Å². The Morgan fingerprint density at radius 3 is 2.81 bits per heavy atom. The lowest BCUT2D eigenvalue weighted by Crippen LogP contribution is -2.37. The van der Waals surface area contributed by atoms with Crippen LogP contribution in [0.3, 0.4) is 0 Å². The minimum Gasteiger partial charge on any atom is -0.483 e. The molecule has 0 aromatic heterocycles. The number of hydrogen-bond acceptors (Lipinski definition) is 3. The summed E-state index contributed by atoms with van der Waals surface area (Å²) >= 11 is 4.97. The Kier molecular flexibility index (Phi) is 4.83. The normalized spacial score (nSPS) is 20.0. The second-order valence-electron chi connectivity index (χ2n) is 6.32. The summed E-state index contributed by atoms with van der Waals surface area (Å²) in [5.41, 5.74) is 6.61. The Morgan fingerprint density at radius 2 is 2.19 bits per heavy atom. The fourth-order valence-electron chi connectivity index (χ4n) is 2.77. The molecule has 1 unspecified atom stereocenters. The zero-order valence-electron chi connectivity index (χ0n) is 12.5. The molecule has 1 aliphatic carbocycles. The smallest absolute Gasteiger partial charge is 0.258 e. The summed E-state index contributed by atoms with van der Waals surface area (Å²) in [4.78, 5) is 12.2. The minimum absolute atomic E-state index is 0.0173. The van der Waals surface area contributed by atoms with E-state index in [9.17, 15) is 4.79 Å². The third kappa shape index (κ3) is 4.43. The standard InChI is InChI=1S/C16H22N2O2S/c1-16(2)8-7-11(9-16)18-14(19)10-20-13-6-4-3-5-12(13)15(17)21/h3-6,11H,7-10H2,1-2H3,(H2,17,21)(H,18,19). The van der Waals surface area contributed by atoms with Crippen LogP contribution < -0.4 is 15.8 Å². The van der Waals surface area contributed by atoms with Crippen LogP contribution in [0.25, 0.3) is 0 Å². The van der Waals surface area contributed by atoms with Gasteiger partial charge in [0.25, 0.3) is 5.91 Å².